The largest absolute Gasteiger partial charge is 0.493 e. The fourth-order valence-corrected chi connectivity index (χ4v) is 4.78. The third kappa shape index (κ3) is 7.18. The van der Waals surface area contributed by atoms with Gasteiger partial charge in [0.2, 0.25) is 5.75 Å². The van der Waals surface area contributed by atoms with Crippen LogP contribution in [0.5, 0.6) is 17.2 Å². The number of carbonyl (C=O) groups is 1. The lowest BCUT2D eigenvalue weighted by molar-refractivity contribution is -0.137. The maximum absolute atomic E-state index is 13.9. The van der Waals surface area contributed by atoms with Crippen LogP contribution in [-0.2, 0) is 6.18 Å². The van der Waals surface area contributed by atoms with Crippen LogP contribution in [0.4, 0.5) is 17.6 Å². The Balaban J connectivity index is 1.92. The Hall–Kier alpha value is -3.27. The predicted octanol–water partition coefficient (Wildman–Crippen LogP) is 5.90. The van der Waals surface area contributed by atoms with E-state index in [1.165, 1.54) is 27.4 Å². The number of alkyl halides is 3. The van der Waals surface area contributed by atoms with E-state index in [0.717, 1.165) is 37.9 Å². The van der Waals surface area contributed by atoms with Gasteiger partial charge < -0.3 is 24.0 Å². The van der Waals surface area contributed by atoms with Crippen LogP contribution in [0.2, 0.25) is 0 Å². The van der Waals surface area contributed by atoms with Crippen molar-refractivity contribution in [1.82, 2.24) is 9.80 Å². The Kier molecular flexibility index (Phi) is 9.65. The monoisotopic (exact) mass is 538 g/mol. The molecule has 10 heteroatoms. The van der Waals surface area contributed by atoms with E-state index in [0.29, 0.717) is 47.0 Å². The topological polar surface area (TPSA) is 51.2 Å². The van der Waals surface area contributed by atoms with Crippen LogP contribution in [0.1, 0.15) is 47.7 Å². The maximum Gasteiger partial charge on any atom is 0.416 e. The van der Waals surface area contributed by atoms with Gasteiger partial charge >= 0.3 is 6.18 Å². The lowest BCUT2D eigenvalue weighted by atomic mass is 10.1. The van der Waals surface area contributed by atoms with Crippen LogP contribution in [0, 0.1) is 5.82 Å². The zero-order valence-corrected chi connectivity index (χ0v) is 22.3. The minimum Gasteiger partial charge on any atom is -0.493 e. The molecule has 1 fully saturated rings. The van der Waals surface area contributed by atoms with Crippen molar-refractivity contribution < 1.29 is 36.6 Å². The fourth-order valence-electron chi connectivity index (χ4n) is 4.78. The standard InChI is InChI=1S/C28H34F4N2O4/c1-18(11-19-12-21(28(30,31)32)16-22(29)13-19)17-34(10-8-23-7-6-9-33(23)2)27(35)20-14-24(36-3)26(38-5)25(15-20)37-4/h11-16,23H,6-10,17H2,1-5H3/b18-11+. The van der Waals surface area contributed by atoms with E-state index < -0.39 is 17.6 Å². The fraction of sp³-hybridized carbons (Fsp3) is 0.464. The summed E-state index contributed by atoms with van der Waals surface area (Å²) >= 11 is 0. The summed E-state index contributed by atoms with van der Waals surface area (Å²) in [7, 11) is 6.44. The van der Waals surface area contributed by atoms with Gasteiger partial charge in [0, 0.05) is 24.7 Å². The van der Waals surface area contributed by atoms with Crippen molar-refractivity contribution in [1.29, 1.82) is 0 Å². The Morgan fingerprint density at radius 2 is 1.74 bits per heavy atom. The average molecular weight is 539 g/mol. The Morgan fingerprint density at radius 3 is 2.26 bits per heavy atom. The molecular weight excluding hydrogens is 504 g/mol. The number of benzene rings is 2. The highest BCUT2D eigenvalue weighted by atomic mass is 19.4. The van der Waals surface area contributed by atoms with Crippen molar-refractivity contribution in [3.05, 3.63) is 58.4 Å². The van der Waals surface area contributed by atoms with Crippen molar-refractivity contribution >= 4 is 12.0 Å². The van der Waals surface area contributed by atoms with E-state index in [1.54, 1.807) is 24.0 Å². The van der Waals surface area contributed by atoms with Gasteiger partial charge in [-0.05, 0) is 75.7 Å². The van der Waals surface area contributed by atoms with Crippen LogP contribution in [0.25, 0.3) is 6.08 Å². The van der Waals surface area contributed by atoms with E-state index >= 15 is 0 Å². The van der Waals surface area contributed by atoms with E-state index in [-0.39, 0.29) is 18.0 Å². The van der Waals surface area contributed by atoms with Gasteiger partial charge in [-0.1, -0.05) is 11.6 Å². The van der Waals surface area contributed by atoms with E-state index in [9.17, 15) is 22.4 Å². The van der Waals surface area contributed by atoms with E-state index in [4.69, 9.17) is 14.2 Å². The third-order valence-corrected chi connectivity index (χ3v) is 6.70. The van der Waals surface area contributed by atoms with Crippen LogP contribution in [-0.4, -0.2) is 69.8 Å². The first-order valence-electron chi connectivity index (χ1n) is 12.3. The molecule has 1 aliphatic heterocycles. The number of carbonyl (C=O) groups excluding carboxylic acids is 1. The van der Waals surface area contributed by atoms with Crippen LogP contribution >= 0.6 is 0 Å². The number of rotatable bonds is 10. The molecule has 0 aliphatic carbocycles. The van der Waals surface area contributed by atoms with Crippen LogP contribution in [0.15, 0.2) is 35.9 Å². The first-order chi connectivity index (χ1) is 18.0. The molecule has 1 heterocycles. The molecule has 208 valence electrons. The first-order valence-corrected chi connectivity index (χ1v) is 12.3. The molecule has 1 saturated heterocycles. The van der Waals surface area contributed by atoms with E-state index in [2.05, 4.69) is 11.9 Å². The molecule has 3 rings (SSSR count). The molecule has 0 aromatic heterocycles. The van der Waals surface area contributed by atoms with Crippen LogP contribution < -0.4 is 14.2 Å². The van der Waals surface area contributed by atoms with Crippen molar-refractivity contribution in [3.63, 3.8) is 0 Å². The van der Waals surface area contributed by atoms with Crippen molar-refractivity contribution in [2.45, 2.75) is 38.4 Å². The van der Waals surface area contributed by atoms with Gasteiger partial charge in [0.1, 0.15) is 5.82 Å². The lowest BCUT2D eigenvalue weighted by Gasteiger charge is -2.27. The molecule has 1 aliphatic rings. The molecule has 2 aromatic carbocycles. The zero-order chi connectivity index (χ0) is 28.0. The molecule has 0 saturated carbocycles. The summed E-state index contributed by atoms with van der Waals surface area (Å²) in [6, 6.07) is 5.86. The van der Waals surface area contributed by atoms with Gasteiger partial charge in [-0.25, -0.2) is 4.39 Å². The number of nitrogens with zero attached hydrogens (tertiary/aromatic N) is 2. The Morgan fingerprint density at radius 1 is 1.08 bits per heavy atom. The predicted molar refractivity (Wildman–Crippen MR) is 137 cm³/mol. The minimum atomic E-state index is -4.67. The number of likely N-dealkylation sites (tertiary alicyclic amines) is 1. The summed E-state index contributed by atoms with van der Waals surface area (Å²) in [6.45, 7) is 3.26. The smallest absolute Gasteiger partial charge is 0.416 e. The molecular formula is C28H34F4N2O4. The summed E-state index contributed by atoms with van der Waals surface area (Å²) in [4.78, 5) is 17.6. The summed E-state index contributed by atoms with van der Waals surface area (Å²) in [5.41, 5.74) is -0.0711. The average Bonchev–Trinajstić information content (AvgIpc) is 3.28. The zero-order valence-electron chi connectivity index (χ0n) is 22.3. The number of ether oxygens (including phenoxy) is 3. The summed E-state index contributed by atoms with van der Waals surface area (Å²) < 4.78 is 69.6. The second-order valence-corrected chi connectivity index (χ2v) is 9.47. The molecule has 0 bridgehead atoms. The quantitative estimate of drug-likeness (QED) is 0.353. The number of hydrogen-bond donors (Lipinski definition) is 0. The second-order valence-electron chi connectivity index (χ2n) is 9.47. The molecule has 0 N–H and O–H groups in total. The minimum absolute atomic E-state index is 0.0746. The molecule has 1 atom stereocenters. The van der Waals surface area contributed by atoms with Crippen molar-refractivity contribution in [3.8, 4) is 17.2 Å². The Labute approximate surface area is 220 Å². The molecule has 6 nitrogen and oxygen atoms in total. The van der Waals surface area contributed by atoms with Gasteiger partial charge in [-0.15, -0.1) is 0 Å². The van der Waals surface area contributed by atoms with Gasteiger partial charge in [-0.3, -0.25) is 4.79 Å². The van der Waals surface area contributed by atoms with E-state index in [1.807, 2.05) is 0 Å². The van der Waals surface area contributed by atoms with Gasteiger partial charge in [0.15, 0.2) is 11.5 Å². The Bertz CT molecular complexity index is 1140. The van der Waals surface area contributed by atoms with Gasteiger partial charge in [-0.2, -0.15) is 13.2 Å². The lowest BCUT2D eigenvalue weighted by Crippen LogP contribution is -2.37. The normalized spacial score (nSPS) is 16.4. The summed E-state index contributed by atoms with van der Waals surface area (Å²) in [6.07, 6.45) is -0.350. The first kappa shape index (κ1) is 29.3. The molecule has 2 aromatic rings. The highest BCUT2D eigenvalue weighted by Gasteiger charge is 2.31. The summed E-state index contributed by atoms with van der Waals surface area (Å²) in [5.74, 6) is -0.260. The summed E-state index contributed by atoms with van der Waals surface area (Å²) in [5, 5.41) is 0. The second kappa shape index (κ2) is 12.5. The number of methoxy groups -OCH3 is 3. The number of halogens is 4. The van der Waals surface area contributed by atoms with Crippen LogP contribution in [0.3, 0.4) is 0 Å². The molecule has 1 unspecified atom stereocenters. The molecule has 38 heavy (non-hydrogen) atoms. The highest BCUT2D eigenvalue weighted by molar-refractivity contribution is 5.96. The van der Waals surface area contributed by atoms with Crippen molar-refractivity contribution in [2.24, 2.45) is 0 Å². The SMILES string of the molecule is COc1cc(C(=O)N(CCC2CCCN2C)C/C(C)=C/c2cc(F)cc(C(F)(F)F)c2)cc(OC)c1OC. The highest BCUT2D eigenvalue weighted by Crippen LogP contribution is 2.38. The van der Waals surface area contributed by atoms with Crippen molar-refractivity contribution in [2.75, 3.05) is 48.0 Å². The number of hydrogen-bond acceptors (Lipinski definition) is 5. The molecule has 1 amide bonds. The third-order valence-electron chi connectivity index (χ3n) is 6.70. The van der Waals surface area contributed by atoms with Gasteiger partial charge in [0.25, 0.3) is 5.91 Å². The molecule has 0 spiro atoms. The molecule has 0 radical (unpaired) electrons. The maximum atomic E-state index is 13.9. The number of amides is 1. The van der Waals surface area contributed by atoms with Gasteiger partial charge in [0.05, 0.1) is 26.9 Å².